The highest BCUT2D eigenvalue weighted by Crippen LogP contribution is 2.36. The van der Waals surface area contributed by atoms with Gasteiger partial charge in [-0.1, -0.05) is 77.8 Å². The Bertz CT molecular complexity index is 1350. The van der Waals surface area contributed by atoms with Gasteiger partial charge in [0.2, 0.25) is 0 Å². The molecule has 0 spiro atoms. The van der Waals surface area contributed by atoms with E-state index >= 15 is 0 Å². The van der Waals surface area contributed by atoms with Crippen molar-refractivity contribution in [1.82, 2.24) is 14.4 Å². The molecule has 0 radical (unpaired) electrons. The molecular formula is C24H14BrCl2N3. The third-order valence-corrected chi connectivity index (χ3v) is 5.91. The lowest BCUT2D eigenvalue weighted by atomic mass is 10.0. The first-order valence-electron chi connectivity index (χ1n) is 9.26. The predicted molar refractivity (Wildman–Crippen MR) is 127 cm³/mol. The van der Waals surface area contributed by atoms with Gasteiger partial charge >= 0.3 is 0 Å². The number of hydrogen-bond donors (Lipinski definition) is 0. The summed E-state index contributed by atoms with van der Waals surface area (Å²) in [5.41, 5.74) is 6.42. The molecule has 0 aliphatic rings. The maximum absolute atomic E-state index is 6.14. The first kappa shape index (κ1) is 19.3. The van der Waals surface area contributed by atoms with E-state index in [2.05, 4.69) is 20.3 Å². The summed E-state index contributed by atoms with van der Waals surface area (Å²) in [6, 6.07) is 25.5. The van der Waals surface area contributed by atoms with Gasteiger partial charge in [-0.2, -0.15) is 0 Å². The molecule has 0 bridgehead atoms. The van der Waals surface area contributed by atoms with Crippen molar-refractivity contribution in [3.8, 4) is 33.8 Å². The summed E-state index contributed by atoms with van der Waals surface area (Å²) in [7, 11) is 0. The third-order valence-electron chi connectivity index (χ3n) is 4.87. The van der Waals surface area contributed by atoms with Crippen LogP contribution in [0.2, 0.25) is 10.0 Å². The summed E-state index contributed by atoms with van der Waals surface area (Å²) < 4.78 is 2.76. The van der Waals surface area contributed by atoms with E-state index in [1.807, 2.05) is 85.1 Å². The number of rotatable bonds is 3. The Morgan fingerprint density at radius 3 is 1.90 bits per heavy atom. The molecule has 2 heterocycles. The van der Waals surface area contributed by atoms with Crippen LogP contribution in [0.15, 0.2) is 89.7 Å². The zero-order valence-electron chi connectivity index (χ0n) is 15.6. The molecule has 3 nitrogen and oxygen atoms in total. The van der Waals surface area contributed by atoms with Crippen LogP contribution in [-0.4, -0.2) is 14.4 Å². The van der Waals surface area contributed by atoms with E-state index in [4.69, 9.17) is 33.2 Å². The van der Waals surface area contributed by atoms with Crippen molar-refractivity contribution in [2.45, 2.75) is 0 Å². The van der Waals surface area contributed by atoms with Crippen molar-refractivity contribution < 1.29 is 0 Å². The van der Waals surface area contributed by atoms with Crippen molar-refractivity contribution in [3.63, 3.8) is 0 Å². The summed E-state index contributed by atoms with van der Waals surface area (Å²) in [6.45, 7) is 0. The SMILES string of the molecule is Clc1ccc(-c2nc3c(Br)nc(-c4ccccc4)cn3c2-c2ccc(Cl)cc2)cc1. The summed E-state index contributed by atoms with van der Waals surface area (Å²) in [4.78, 5) is 9.66. The number of aromatic nitrogens is 3. The van der Waals surface area contributed by atoms with Crippen molar-refractivity contribution in [2.24, 2.45) is 0 Å². The molecule has 0 N–H and O–H groups in total. The van der Waals surface area contributed by atoms with Gasteiger partial charge in [0, 0.05) is 32.9 Å². The predicted octanol–water partition coefficient (Wildman–Crippen LogP) is 7.80. The lowest BCUT2D eigenvalue weighted by Crippen LogP contribution is -1.95. The normalized spacial score (nSPS) is 11.2. The van der Waals surface area contributed by atoms with Crippen LogP contribution >= 0.6 is 39.1 Å². The molecular weight excluding hydrogens is 481 g/mol. The van der Waals surface area contributed by atoms with Gasteiger partial charge in [0.15, 0.2) is 5.65 Å². The molecule has 0 saturated carbocycles. The molecule has 5 aromatic rings. The summed E-state index contributed by atoms with van der Waals surface area (Å²) >= 11 is 15.9. The van der Waals surface area contributed by atoms with Gasteiger partial charge in [-0.3, -0.25) is 4.40 Å². The first-order chi connectivity index (χ1) is 14.6. The van der Waals surface area contributed by atoms with Gasteiger partial charge in [-0.25, -0.2) is 9.97 Å². The average molecular weight is 495 g/mol. The molecule has 5 rings (SSSR count). The molecule has 3 aromatic carbocycles. The second-order valence-corrected chi connectivity index (χ2v) is 8.42. The average Bonchev–Trinajstić information content (AvgIpc) is 3.15. The van der Waals surface area contributed by atoms with E-state index in [9.17, 15) is 0 Å². The van der Waals surface area contributed by atoms with E-state index in [0.717, 1.165) is 39.4 Å². The molecule has 0 fully saturated rings. The molecule has 6 heteroatoms. The van der Waals surface area contributed by atoms with Crippen LogP contribution in [0, 0.1) is 0 Å². The number of nitrogens with zero attached hydrogens (tertiary/aromatic N) is 3. The molecule has 0 aliphatic carbocycles. The Hall–Kier alpha value is -2.66. The molecule has 2 aromatic heterocycles. The van der Waals surface area contributed by atoms with Crippen LogP contribution in [0.5, 0.6) is 0 Å². The van der Waals surface area contributed by atoms with Crippen molar-refractivity contribution in [1.29, 1.82) is 0 Å². The maximum atomic E-state index is 6.14. The smallest absolute Gasteiger partial charge is 0.171 e. The Morgan fingerprint density at radius 2 is 1.27 bits per heavy atom. The molecule has 30 heavy (non-hydrogen) atoms. The minimum Gasteiger partial charge on any atom is -0.295 e. The number of halogens is 3. The lowest BCUT2D eigenvalue weighted by molar-refractivity contribution is 1.11. The Morgan fingerprint density at radius 1 is 0.667 bits per heavy atom. The van der Waals surface area contributed by atoms with Crippen LogP contribution in [0.4, 0.5) is 0 Å². The Labute approximate surface area is 192 Å². The molecule has 0 aliphatic heterocycles. The van der Waals surface area contributed by atoms with Gasteiger partial charge < -0.3 is 0 Å². The molecule has 0 saturated heterocycles. The monoisotopic (exact) mass is 493 g/mol. The highest BCUT2D eigenvalue weighted by Gasteiger charge is 2.19. The Balaban J connectivity index is 1.83. The molecule has 0 amide bonds. The number of imidazole rings is 1. The van der Waals surface area contributed by atoms with Crippen LogP contribution < -0.4 is 0 Å². The zero-order chi connectivity index (χ0) is 20.7. The zero-order valence-corrected chi connectivity index (χ0v) is 18.7. The van der Waals surface area contributed by atoms with Gasteiger partial charge in [-0.15, -0.1) is 0 Å². The molecule has 0 atom stereocenters. The van der Waals surface area contributed by atoms with Crippen LogP contribution in [0.1, 0.15) is 0 Å². The minimum absolute atomic E-state index is 0.680. The fourth-order valence-corrected chi connectivity index (χ4v) is 4.17. The van der Waals surface area contributed by atoms with Gasteiger partial charge in [0.05, 0.1) is 17.1 Å². The van der Waals surface area contributed by atoms with Crippen LogP contribution in [0.25, 0.3) is 39.4 Å². The largest absolute Gasteiger partial charge is 0.295 e. The van der Waals surface area contributed by atoms with E-state index in [-0.39, 0.29) is 0 Å². The van der Waals surface area contributed by atoms with Gasteiger partial charge in [-0.05, 0) is 40.2 Å². The van der Waals surface area contributed by atoms with Gasteiger partial charge in [0.1, 0.15) is 4.60 Å². The summed E-state index contributed by atoms with van der Waals surface area (Å²) in [5.74, 6) is 0. The topological polar surface area (TPSA) is 30.2 Å². The lowest BCUT2D eigenvalue weighted by Gasteiger charge is -2.08. The number of hydrogen-bond acceptors (Lipinski definition) is 2. The van der Waals surface area contributed by atoms with Gasteiger partial charge in [0.25, 0.3) is 0 Å². The fourth-order valence-electron chi connectivity index (χ4n) is 3.45. The second kappa shape index (κ2) is 7.88. The molecule has 146 valence electrons. The van der Waals surface area contributed by atoms with E-state index in [1.54, 1.807) is 0 Å². The highest BCUT2D eigenvalue weighted by atomic mass is 79.9. The third kappa shape index (κ3) is 3.52. The summed E-state index contributed by atoms with van der Waals surface area (Å²) in [6.07, 6.45) is 2.02. The quantitative estimate of drug-likeness (QED) is 0.256. The number of benzene rings is 3. The van der Waals surface area contributed by atoms with Crippen molar-refractivity contribution in [2.75, 3.05) is 0 Å². The number of fused-ring (bicyclic) bond motifs is 1. The van der Waals surface area contributed by atoms with E-state index in [1.165, 1.54) is 0 Å². The standard InChI is InChI=1S/C24H14BrCl2N3/c25-23-24-29-21(16-6-10-18(26)11-7-16)22(17-8-12-19(27)13-9-17)30(24)14-20(28-23)15-4-2-1-3-5-15/h1-14H. The second-order valence-electron chi connectivity index (χ2n) is 6.80. The Kier molecular flexibility index (Phi) is 5.07. The highest BCUT2D eigenvalue weighted by molar-refractivity contribution is 9.10. The first-order valence-corrected chi connectivity index (χ1v) is 10.8. The molecule has 0 unspecified atom stereocenters. The maximum Gasteiger partial charge on any atom is 0.171 e. The minimum atomic E-state index is 0.680. The van der Waals surface area contributed by atoms with Crippen molar-refractivity contribution >= 4 is 44.8 Å². The van der Waals surface area contributed by atoms with Crippen LogP contribution in [-0.2, 0) is 0 Å². The fraction of sp³-hybridized carbons (Fsp3) is 0. The van der Waals surface area contributed by atoms with E-state index < -0.39 is 0 Å². The van der Waals surface area contributed by atoms with E-state index in [0.29, 0.717) is 14.6 Å². The van der Waals surface area contributed by atoms with Crippen molar-refractivity contribution in [3.05, 3.63) is 99.7 Å². The van der Waals surface area contributed by atoms with Crippen LogP contribution in [0.3, 0.4) is 0 Å². The summed E-state index contributed by atoms with van der Waals surface area (Å²) in [5, 5.41) is 1.37.